The molecule has 5 nitrogen and oxygen atoms in total. The largest absolute Gasteiger partial charge is 0.416 e. The van der Waals surface area contributed by atoms with Gasteiger partial charge in [-0.25, -0.2) is 4.98 Å². The van der Waals surface area contributed by atoms with Gasteiger partial charge in [0.2, 0.25) is 5.95 Å². The monoisotopic (exact) mass is 429 g/mol. The summed E-state index contributed by atoms with van der Waals surface area (Å²) in [6, 6.07) is 13.2. The second kappa shape index (κ2) is 9.51. The molecule has 1 saturated heterocycles. The summed E-state index contributed by atoms with van der Waals surface area (Å²) in [5.41, 5.74) is 0.811. The van der Waals surface area contributed by atoms with Gasteiger partial charge in [0.25, 0.3) is 0 Å². The summed E-state index contributed by atoms with van der Waals surface area (Å²) in [6.45, 7) is 4.50. The molecule has 0 saturated carbocycles. The van der Waals surface area contributed by atoms with Gasteiger partial charge in [-0.15, -0.1) is 0 Å². The van der Waals surface area contributed by atoms with Gasteiger partial charge >= 0.3 is 6.18 Å². The van der Waals surface area contributed by atoms with Gasteiger partial charge in [-0.2, -0.15) is 18.2 Å². The number of alkyl halides is 3. The zero-order valence-electron chi connectivity index (χ0n) is 17.3. The fourth-order valence-electron chi connectivity index (χ4n) is 3.85. The van der Waals surface area contributed by atoms with Crippen molar-refractivity contribution in [3.8, 4) is 0 Å². The Morgan fingerprint density at radius 2 is 1.71 bits per heavy atom. The summed E-state index contributed by atoms with van der Waals surface area (Å²) in [5, 5.41) is 7.54. The van der Waals surface area contributed by atoms with Crippen molar-refractivity contribution in [2.24, 2.45) is 0 Å². The highest BCUT2D eigenvalue weighted by atomic mass is 19.4. The van der Waals surface area contributed by atoms with Crippen LogP contribution < -0.4 is 10.6 Å². The number of para-hydroxylation sites is 1. The minimum atomic E-state index is -4.33. The first-order chi connectivity index (χ1) is 15.0. The molecule has 164 valence electrons. The fourth-order valence-corrected chi connectivity index (χ4v) is 3.85. The normalized spacial score (nSPS) is 14.8. The van der Waals surface area contributed by atoms with Crippen molar-refractivity contribution in [1.82, 2.24) is 14.9 Å². The SMILES string of the molecule is FC(F)(F)c1cccc(CCNc2nc(NCCN3CCCC3)c3ccccc3n2)c1. The van der Waals surface area contributed by atoms with Gasteiger partial charge in [0.1, 0.15) is 5.82 Å². The Labute approximate surface area is 179 Å². The molecule has 2 aromatic carbocycles. The third-order valence-corrected chi connectivity index (χ3v) is 5.47. The second-order valence-electron chi connectivity index (χ2n) is 7.76. The highest BCUT2D eigenvalue weighted by molar-refractivity contribution is 5.90. The maximum atomic E-state index is 12.9. The molecule has 1 fully saturated rings. The van der Waals surface area contributed by atoms with Crippen LogP contribution in [0, 0.1) is 0 Å². The minimum Gasteiger partial charge on any atom is -0.368 e. The number of hydrogen-bond acceptors (Lipinski definition) is 5. The van der Waals surface area contributed by atoms with Crippen molar-refractivity contribution in [2.45, 2.75) is 25.4 Å². The number of likely N-dealkylation sites (tertiary alicyclic amines) is 1. The van der Waals surface area contributed by atoms with Gasteiger partial charge in [0.05, 0.1) is 11.1 Å². The van der Waals surface area contributed by atoms with Crippen LogP contribution in [0.1, 0.15) is 24.0 Å². The summed E-state index contributed by atoms with van der Waals surface area (Å²) in [5.74, 6) is 1.24. The Bertz CT molecular complexity index is 1020. The van der Waals surface area contributed by atoms with Crippen molar-refractivity contribution in [2.75, 3.05) is 43.4 Å². The van der Waals surface area contributed by atoms with Crippen LogP contribution in [0.25, 0.3) is 10.9 Å². The third-order valence-electron chi connectivity index (χ3n) is 5.47. The Morgan fingerprint density at radius 1 is 0.903 bits per heavy atom. The van der Waals surface area contributed by atoms with Crippen LogP contribution in [0.15, 0.2) is 48.5 Å². The Hall–Kier alpha value is -2.87. The average Bonchev–Trinajstić information content (AvgIpc) is 3.27. The first-order valence-electron chi connectivity index (χ1n) is 10.6. The van der Waals surface area contributed by atoms with E-state index in [-0.39, 0.29) is 0 Å². The molecule has 4 rings (SSSR count). The van der Waals surface area contributed by atoms with Crippen LogP contribution in [-0.2, 0) is 12.6 Å². The van der Waals surface area contributed by atoms with E-state index in [1.165, 1.54) is 25.0 Å². The van der Waals surface area contributed by atoms with Gasteiger partial charge in [-0.05, 0) is 56.1 Å². The molecular formula is C23H26F3N5. The van der Waals surface area contributed by atoms with E-state index in [1.807, 2.05) is 24.3 Å². The van der Waals surface area contributed by atoms with Gasteiger partial charge < -0.3 is 15.5 Å². The molecule has 1 aromatic heterocycles. The third kappa shape index (κ3) is 5.64. The zero-order valence-corrected chi connectivity index (χ0v) is 17.3. The van der Waals surface area contributed by atoms with Crippen molar-refractivity contribution < 1.29 is 13.2 Å². The summed E-state index contributed by atoms with van der Waals surface area (Å²) < 4.78 is 38.7. The van der Waals surface area contributed by atoms with Crippen LogP contribution in [-0.4, -0.2) is 47.6 Å². The van der Waals surface area contributed by atoms with E-state index in [9.17, 15) is 13.2 Å². The second-order valence-corrected chi connectivity index (χ2v) is 7.76. The fraction of sp³-hybridized carbons (Fsp3) is 0.391. The van der Waals surface area contributed by atoms with E-state index in [1.54, 1.807) is 6.07 Å². The lowest BCUT2D eigenvalue weighted by Crippen LogP contribution is -2.26. The molecule has 1 aliphatic heterocycles. The van der Waals surface area contributed by atoms with Crippen LogP contribution in [0.2, 0.25) is 0 Å². The molecule has 0 atom stereocenters. The Kier molecular flexibility index (Phi) is 6.56. The number of fused-ring (bicyclic) bond motifs is 1. The van der Waals surface area contributed by atoms with E-state index in [0.717, 1.165) is 49.0 Å². The highest BCUT2D eigenvalue weighted by Crippen LogP contribution is 2.29. The van der Waals surface area contributed by atoms with Crippen LogP contribution in [0.5, 0.6) is 0 Å². The molecule has 0 spiro atoms. The van der Waals surface area contributed by atoms with Gasteiger partial charge in [0.15, 0.2) is 0 Å². The molecule has 8 heteroatoms. The van der Waals surface area contributed by atoms with Crippen molar-refractivity contribution in [3.63, 3.8) is 0 Å². The standard InChI is InChI=1S/C23H26F3N5/c24-23(25,26)18-7-5-6-17(16-18)10-11-28-22-29-20-9-2-1-8-19(20)21(30-22)27-12-15-31-13-3-4-14-31/h1-2,5-9,16H,3-4,10-15H2,(H2,27,28,29,30). The molecule has 0 bridgehead atoms. The molecule has 0 amide bonds. The van der Waals surface area contributed by atoms with Gasteiger partial charge in [-0.1, -0.05) is 30.3 Å². The highest BCUT2D eigenvalue weighted by Gasteiger charge is 2.30. The number of halogens is 3. The lowest BCUT2D eigenvalue weighted by atomic mass is 10.1. The number of nitrogens with one attached hydrogen (secondary N) is 2. The molecule has 31 heavy (non-hydrogen) atoms. The first-order valence-corrected chi connectivity index (χ1v) is 10.6. The number of anilines is 2. The van der Waals surface area contributed by atoms with Crippen molar-refractivity contribution in [1.29, 1.82) is 0 Å². The maximum absolute atomic E-state index is 12.9. The van der Waals surface area contributed by atoms with Gasteiger partial charge in [-0.3, -0.25) is 0 Å². The van der Waals surface area contributed by atoms with E-state index in [2.05, 4.69) is 25.5 Å². The number of hydrogen-bond donors (Lipinski definition) is 2. The predicted octanol–water partition coefficient (Wildman–Crippen LogP) is 4.81. The average molecular weight is 429 g/mol. The maximum Gasteiger partial charge on any atom is 0.416 e. The Balaban J connectivity index is 1.41. The predicted molar refractivity (Wildman–Crippen MR) is 117 cm³/mol. The molecule has 1 aliphatic rings. The van der Waals surface area contributed by atoms with Crippen LogP contribution in [0.3, 0.4) is 0 Å². The lowest BCUT2D eigenvalue weighted by molar-refractivity contribution is -0.137. The molecule has 0 aliphatic carbocycles. The molecule has 0 unspecified atom stereocenters. The lowest BCUT2D eigenvalue weighted by Gasteiger charge is -2.16. The minimum absolute atomic E-state index is 0.437. The molecule has 0 radical (unpaired) electrons. The number of rotatable bonds is 8. The van der Waals surface area contributed by atoms with Crippen molar-refractivity contribution in [3.05, 3.63) is 59.7 Å². The molecule has 2 heterocycles. The van der Waals surface area contributed by atoms with Crippen LogP contribution >= 0.6 is 0 Å². The number of aromatic nitrogens is 2. The molecule has 2 N–H and O–H groups in total. The molecular weight excluding hydrogens is 403 g/mol. The van der Waals surface area contributed by atoms with Crippen molar-refractivity contribution >= 4 is 22.7 Å². The Morgan fingerprint density at radius 3 is 2.52 bits per heavy atom. The van der Waals surface area contributed by atoms with E-state index in [4.69, 9.17) is 0 Å². The van der Waals surface area contributed by atoms with E-state index >= 15 is 0 Å². The topological polar surface area (TPSA) is 53.1 Å². The molecule has 3 aromatic rings. The van der Waals surface area contributed by atoms with Crippen LogP contribution in [0.4, 0.5) is 24.9 Å². The zero-order chi connectivity index (χ0) is 21.7. The number of nitrogens with zero attached hydrogens (tertiary/aromatic N) is 3. The summed E-state index contributed by atoms with van der Waals surface area (Å²) in [7, 11) is 0. The van der Waals surface area contributed by atoms with E-state index in [0.29, 0.717) is 24.5 Å². The summed E-state index contributed by atoms with van der Waals surface area (Å²) in [4.78, 5) is 11.6. The smallest absolute Gasteiger partial charge is 0.368 e. The number of benzene rings is 2. The quantitative estimate of drug-likeness (QED) is 0.538. The van der Waals surface area contributed by atoms with Gasteiger partial charge in [0, 0.05) is 25.0 Å². The summed E-state index contributed by atoms with van der Waals surface area (Å²) >= 11 is 0. The summed E-state index contributed by atoms with van der Waals surface area (Å²) in [6.07, 6.45) is -1.37. The van der Waals surface area contributed by atoms with E-state index < -0.39 is 11.7 Å². The first kappa shape index (κ1) is 21.4.